The summed E-state index contributed by atoms with van der Waals surface area (Å²) < 4.78 is 44.3. The number of alkyl halides is 3. The highest BCUT2D eigenvalue weighted by atomic mass is 19.4. The minimum atomic E-state index is -4.45. The molecule has 0 radical (unpaired) electrons. The smallest absolute Gasteiger partial charge is 0.416 e. The normalized spacial score (nSPS) is 13.4. The Kier molecular flexibility index (Phi) is 3.95. The Morgan fingerprint density at radius 2 is 2.10 bits per heavy atom. The maximum Gasteiger partial charge on any atom is 0.416 e. The van der Waals surface area contributed by atoms with Gasteiger partial charge in [-0.15, -0.1) is 0 Å². The number of hydrogen-bond donors (Lipinski definition) is 1. The molecule has 0 saturated heterocycles. The lowest BCUT2D eigenvalue weighted by atomic mass is 10.1. The van der Waals surface area contributed by atoms with Gasteiger partial charge in [-0.05, 0) is 19.1 Å². The summed E-state index contributed by atoms with van der Waals surface area (Å²) in [5.74, 6) is -0.829. The van der Waals surface area contributed by atoms with E-state index in [1.807, 2.05) is 0 Å². The molecular formula is C14H14F3NO3. The van der Waals surface area contributed by atoms with E-state index >= 15 is 0 Å². The molecule has 21 heavy (non-hydrogen) atoms. The average molecular weight is 301 g/mol. The third-order valence-electron chi connectivity index (χ3n) is 3.15. The molecule has 1 atom stereocenters. The first kappa shape index (κ1) is 15.4. The van der Waals surface area contributed by atoms with Gasteiger partial charge in [0, 0.05) is 29.7 Å². The molecule has 1 aromatic carbocycles. The zero-order valence-electron chi connectivity index (χ0n) is 11.4. The number of hydrogen-bond acceptors (Lipinski definition) is 3. The van der Waals surface area contributed by atoms with Gasteiger partial charge in [-0.2, -0.15) is 13.2 Å². The molecule has 0 bridgehead atoms. The van der Waals surface area contributed by atoms with Crippen molar-refractivity contribution >= 4 is 16.9 Å². The van der Waals surface area contributed by atoms with Crippen molar-refractivity contribution in [2.75, 3.05) is 6.61 Å². The van der Waals surface area contributed by atoms with Crippen molar-refractivity contribution < 1.29 is 27.8 Å². The highest BCUT2D eigenvalue weighted by Gasteiger charge is 2.31. The van der Waals surface area contributed by atoms with Gasteiger partial charge in [0.2, 0.25) is 0 Å². The van der Waals surface area contributed by atoms with Crippen LogP contribution in [0.5, 0.6) is 0 Å². The summed E-state index contributed by atoms with van der Waals surface area (Å²) in [5.41, 5.74) is -0.281. The first-order valence-corrected chi connectivity index (χ1v) is 6.26. The minimum absolute atomic E-state index is 0.110. The topological polar surface area (TPSA) is 51.5 Å². The molecule has 0 spiro atoms. The number of aliphatic hydroxyl groups excluding tert-OH is 1. The number of benzene rings is 1. The maximum atomic E-state index is 12.7. The van der Waals surface area contributed by atoms with Gasteiger partial charge in [0.25, 0.3) is 0 Å². The molecule has 1 aromatic heterocycles. The standard InChI is InChI=1S/C14H14F3NO3/c1-3-21-13(20)12(19)10-7-18(2)11-6-8(14(15,16)17)4-5-9(10)11/h4-7,12,19H,3H2,1-2H3. The molecule has 1 unspecified atom stereocenters. The number of aliphatic hydroxyl groups is 1. The van der Waals surface area contributed by atoms with Crippen molar-refractivity contribution in [3.63, 3.8) is 0 Å². The largest absolute Gasteiger partial charge is 0.464 e. The zero-order chi connectivity index (χ0) is 15.8. The van der Waals surface area contributed by atoms with Gasteiger partial charge in [-0.1, -0.05) is 6.07 Å². The Balaban J connectivity index is 2.51. The molecule has 0 fully saturated rings. The second-order valence-corrected chi connectivity index (χ2v) is 4.58. The van der Waals surface area contributed by atoms with Gasteiger partial charge in [0.1, 0.15) is 0 Å². The third-order valence-corrected chi connectivity index (χ3v) is 3.15. The van der Waals surface area contributed by atoms with Crippen LogP contribution < -0.4 is 0 Å². The molecule has 114 valence electrons. The fraction of sp³-hybridized carbons (Fsp3) is 0.357. The van der Waals surface area contributed by atoms with E-state index < -0.39 is 23.8 Å². The second-order valence-electron chi connectivity index (χ2n) is 4.58. The van der Waals surface area contributed by atoms with Crippen molar-refractivity contribution in [3.05, 3.63) is 35.5 Å². The third kappa shape index (κ3) is 2.87. The van der Waals surface area contributed by atoms with Crippen LogP contribution in [0, 0.1) is 0 Å². The molecule has 1 heterocycles. The highest BCUT2D eigenvalue weighted by molar-refractivity contribution is 5.90. The Morgan fingerprint density at radius 3 is 2.67 bits per heavy atom. The molecule has 4 nitrogen and oxygen atoms in total. The number of esters is 1. The number of fused-ring (bicyclic) bond motifs is 1. The molecule has 7 heteroatoms. The Labute approximate surface area is 118 Å². The fourth-order valence-electron chi connectivity index (χ4n) is 2.16. The number of carbonyl (C=O) groups excluding carboxylic acids is 1. The number of aromatic nitrogens is 1. The van der Waals surface area contributed by atoms with Crippen LogP contribution in [-0.4, -0.2) is 22.2 Å². The lowest BCUT2D eigenvalue weighted by Crippen LogP contribution is -2.15. The van der Waals surface area contributed by atoms with Crippen molar-refractivity contribution in [1.82, 2.24) is 4.57 Å². The molecule has 0 aliphatic heterocycles. The van der Waals surface area contributed by atoms with Crippen LogP contribution in [0.25, 0.3) is 10.9 Å². The van der Waals surface area contributed by atoms with E-state index in [-0.39, 0.29) is 17.7 Å². The van der Waals surface area contributed by atoms with Crippen LogP contribution in [0.3, 0.4) is 0 Å². The predicted octanol–water partition coefficient (Wildman–Crippen LogP) is 2.79. The molecular weight excluding hydrogens is 287 g/mol. The van der Waals surface area contributed by atoms with Crippen molar-refractivity contribution in [3.8, 4) is 0 Å². The van der Waals surface area contributed by atoms with Crippen LogP contribution in [0.2, 0.25) is 0 Å². The van der Waals surface area contributed by atoms with Crippen LogP contribution in [0.4, 0.5) is 13.2 Å². The Morgan fingerprint density at radius 1 is 1.43 bits per heavy atom. The molecule has 0 aliphatic rings. The Hall–Kier alpha value is -2.02. The van der Waals surface area contributed by atoms with Gasteiger partial charge in [-0.3, -0.25) is 0 Å². The van der Waals surface area contributed by atoms with Crippen LogP contribution in [0.1, 0.15) is 24.2 Å². The van der Waals surface area contributed by atoms with Gasteiger partial charge >= 0.3 is 12.1 Å². The molecule has 0 saturated carbocycles. The zero-order valence-corrected chi connectivity index (χ0v) is 11.4. The number of ether oxygens (including phenoxy) is 1. The summed E-state index contributed by atoms with van der Waals surface area (Å²) in [6.45, 7) is 1.71. The van der Waals surface area contributed by atoms with Gasteiger partial charge < -0.3 is 14.4 Å². The SMILES string of the molecule is CCOC(=O)C(O)c1cn(C)c2cc(C(F)(F)F)ccc12. The summed E-state index contributed by atoms with van der Waals surface area (Å²) in [4.78, 5) is 11.6. The van der Waals surface area contributed by atoms with Crippen LogP contribution in [-0.2, 0) is 22.8 Å². The summed E-state index contributed by atoms with van der Waals surface area (Å²) in [6.07, 6.45) is -4.55. The van der Waals surface area contributed by atoms with E-state index in [2.05, 4.69) is 0 Å². The van der Waals surface area contributed by atoms with Gasteiger partial charge in [0.05, 0.1) is 12.2 Å². The van der Waals surface area contributed by atoms with E-state index in [0.29, 0.717) is 5.39 Å². The number of rotatable bonds is 3. The molecule has 2 aromatic rings. The first-order chi connectivity index (χ1) is 9.75. The Bertz CT molecular complexity index is 676. The number of halogens is 3. The lowest BCUT2D eigenvalue weighted by Gasteiger charge is -2.09. The van der Waals surface area contributed by atoms with E-state index in [0.717, 1.165) is 12.1 Å². The lowest BCUT2D eigenvalue weighted by molar-refractivity contribution is -0.153. The first-order valence-electron chi connectivity index (χ1n) is 6.26. The summed E-state index contributed by atoms with van der Waals surface area (Å²) in [6, 6.07) is 3.15. The average Bonchev–Trinajstić information content (AvgIpc) is 2.74. The molecule has 0 aliphatic carbocycles. The van der Waals surface area contributed by atoms with Crippen LogP contribution >= 0.6 is 0 Å². The predicted molar refractivity (Wildman–Crippen MR) is 69.5 cm³/mol. The van der Waals surface area contributed by atoms with Gasteiger partial charge in [0.15, 0.2) is 6.10 Å². The van der Waals surface area contributed by atoms with Crippen LogP contribution in [0.15, 0.2) is 24.4 Å². The maximum absolute atomic E-state index is 12.7. The van der Waals surface area contributed by atoms with E-state index in [1.165, 1.54) is 16.8 Å². The quantitative estimate of drug-likeness (QED) is 0.887. The van der Waals surface area contributed by atoms with Crippen molar-refractivity contribution in [2.45, 2.75) is 19.2 Å². The van der Waals surface area contributed by atoms with Crippen molar-refractivity contribution in [2.24, 2.45) is 7.05 Å². The van der Waals surface area contributed by atoms with E-state index in [9.17, 15) is 23.1 Å². The van der Waals surface area contributed by atoms with Crippen molar-refractivity contribution in [1.29, 1.82) is 0 Å². The second kappa shape index (κ2) is 5.40. The molecule has 1 N–H and O–H groups in total. The summed E-state index contributed by atoms with van der Waals surface area (Å²) in [7, 11) is 1.55. The fourth-order valence-corrected chi connectivity index (χ4v) is 2.16. The highest BCUT2D eigenvalue weighted by Crippen LogP contribution is 2.34. The summed E-state index contributed by atoms with van der Waals surface area (Å²) >= 11 is 0. The minimum Gasteiger partial charge on any atom is -0.464 e. The van der Waals surface area contributed by atoms with E-state index in [1.54, 1.807) is 14.0 Å². The summed E-state index contributed by atoms with van der Waals surface area (Å²) in [5, 5.41) is 10.3. The number of nitrogens with zero attached hydrogens (tertiary/aromatic N) is 1. The molecule has 0 amide bonds. The monoisotopic (exact) mass is 301 g/mol. The molecule has 2 rings (SSSR count). The number of carbonyl (C=O) groups is 1. The van der Waals surface area contributed by atoms with Gasteiger partial charge in [-0.25, -0.2) is 4.79 Å². The number of aryl methyl sites for hydroxylation is 1. The van der Waals surface area contributed by atoms with E-state index in [4.69, 9.17) is 4.74 Å².